The minimum atomic E-state index is -0.0116. The van der Waals surface area contributed by atoms with E-state index in [0.29, 0.717) is 24.3 Å². The standard InChI is InChI=1S/C20H26N4O2/c1-14-20(16(3)25)15(2)24(21-14)13-19(26)23-11-10-22(4)18(12-23)17-8-6-5-7-9-17/h5-9,18H,10-13H2,1-4H3/t18-/m1/s1. The molecule has 1 saturated heterocycles. The Morgan fingerprint density at radius 2 is 1.85 bits per heavy atom. The highest BCUT2D eigenvalue weighted by Crippen LogP contribution is 2.24. The van der Waals surface area contributed by atoms with Crippen LogP contribution in [0.25, 0.3) is 0 Å². The third-order valence-corrected chi connectivity index (χ3v) is 5.20. The molecule has 0 saturated carbocycles. The fourth-order valence-electron chi connectivity index (χ4n) is 3.72. The van der Waals surface area contributed by atoms with Gasteiger partial charge in [-0.2, -0.15) is 5.10 Å². The molecule has 6 nitrogen and oxygen atoms in total. The summed E-state index contributed by atoms with van der Waals surface area (Å²) in [6, 6.07) is 10.5. The van der Waals surface area contributed by atoms with Gasteiger partial charge in [0.05, 0.1) is 17.3 Å². The van der Waals surface area contributed by atoms with Crippen LogP contribution in [0.1, 0.15) is 40.3 Å². The number of rotatable bonds is 4. The number of likely N-dealkylation sites (N-methyl/N-ethyl adjacent to an activating group) is 1. The first-order valence-corrected chi connectivity index (χ1v) is 8.96. The lowest BCUT2D eigenvalue weighted by Crippen LogP contribution is -2.49. The highest BCUT2D eigenvalue weighted by atomic mass is 16.2. The molecule has 2 aromatic rings. The van der Waals surface area contributed by atoms with E-state index >= 15 is 0 Å². The fraction of sp³-hybridized carbons (Fsp3) is 0.450. The van der Waals surface area contributed by atoms with Gasteiger partial charge in [0.1, 0.15) is 6.54 Å². The molecule has 138 valence electrons. The van der Waals surface area contributed by atoms with E-state index in [2.05, 4.69) is 29.2 Å². The van der Waals surface area contributed by atoms with E-state index in [4.69, 9.17) is 0 Å². The molecule has 0 bridgehead atoms. The molecule has 1 aromatic heterocycles. The first-order chi connectivity index (χ1) is 12.4. The molecule has 26 heavy (non-hydrogen) atoms. The van der Waals surface area contributed by atoms with Crippen LogP contribution in [-0.2, 0) is 11.3 Å². The molecule has 1 fully saturated rings. The zero-order valence-electron chi connectivity index (χ0n) is 15.9. The van der Waals surface area contributed by atoms with E-state index in [0.717, 1.165) is 12.2 Å². The van der Waals surface area contributed by atoms with Gasteiger partial charge < -0.3 is 4.90 Å². The van der Waals surface area contributed by atoms with Gasteiger partial charge in [0.15, 0.2) is 5.78 Å². The zero-order valence-corrected chi connectivity index (χ0v) is 15.9. The number of amides is 1. The van der Waals surface area contributed by atoms with Crippen LogP contribution >= 0.6 is 0 Å². The van der Waals surface area contributed by atoms with E-state index in [1.807, 2.05) is 36.9 Å². The molecule has 0 unspecified atom stereocenters. The Morgan fingerprint density at radius 3 is 2.46 bits per heavy atom. The summed E-state index contributed by atoms with van der Waals surface area (Å²) in [7, 11) is 2.10. The normalized spacial score (nSPS) is 18.2. The van der Waals surface area contributed by atoms with Crippen LogP contribution in [-0.4, -0.2) is 58.0 Å². The molecule has 2 heterocycles. The fourth-order valence-corrected chi connectivity index (χ4v) is 3.72. The number of aromatic nitrogens is 2. The van der Waals surface area contributed by atoms with Crippen LogP contribution in [0.2, 0.25) is 0 Å². The lowest BCUT2D eigenvalue weighted by molar-refractivity contribution is -0.134. The minimum Gasteiger partial charge on any atom is -0.338 e. The number of Topliss-reactive ketones (excluding diaryl/α,β-unsaturated/α-hetero) is 1. The smallest absolute Gasteiger partial charge is 0.244 e. The first-order valence-electron chi connectivity index (χ1n) is 8.96. The van der Waals surface area contributed by atoms with Crippen LogP contribution in [0, 0.1) is 13.8 Å². The Hall–Kier alpha value is -2.47. The van der Waals surface area contributed by atoms with E-state index in [1.165, 1.54) is 12.5 Å². The average molecular weight is 354 g/mol. The predicted molar refractivity (Wildman–Crippen MR) is 100 cm³/mol. The number of carbonyl (C=O) groups excluding carboxylic acids is 2. The van der Waals surface area contributed by atoms with Crippen LogP contribution in [0.5, 0.6) is 0 Å². The summed E-state index contributed by atoms with van der Waals surface area (Å²) in [4.78, 5) is 28.8. The number of carbonyl (C=O) groups is 2. The maximum Gasteiger partial charge on any atom is 0.244 e. The third kappa shape index (κ3) is 3.55. The summed E-state index contributed by atoms with van der Waals surface area (Å²) in [5.74, 6) is 0.0298. The quantitative estimate of drug-likeness (QED) is 0.790. The average Bonchev–Trinajstić information content (AvgIpc) is 2.89. The Morgan fingerprint density at radius 1 is 1.15 bits per heavy atom. The Balaban J connectivity index is 1.74. The van der Waals surface area contributed by atoms with Crippen molar-refractivity contribution in [3.63, 3.8) is 0 Å². The molecule has 3 rings (SSSR count). The number of hydrogen-bond acceptors (Lipinski definition) is 4. The zero-order chi connectivity index (χ0) is 18.8. The van der Waals surface area contributed by atoms with E-state index in [9.17, 15) is 9.59 Å². The molecule has 6 heteroatoms. The van der Waals surface area contributed by atoms with E-state index in [1.54, 1.807) is 4.68 Å². The SMILES string of the molecule is CC(=O)c1c(C)nn(CC(=O)N2CCN(C)[C@@H](c3ccccc3)C2)c1C. The van der Waals surface area contributed by atoms with Crippen molar-refractivity contribution in [1.82, 2.24) is 19.6 Å². The second kappa shape index (κ2) is 7.41. The van der Waals surface area contributed by atoms with Gasteiger partial charge in [-0.25, -0.2) is 0 Å². The Labute approximate surface area is 154 Å². The largest absolute Gasteiger partial charge is 0.338 e. The third-order valence-electron chi connectivity index (χ3n) is 5.20. The number of hydrogen-bond donors (Lipinski definition) is 0. The molecule has 1 amide bonds. The molecule has 0 radical (unpaired) electrons. The van der Waals surface area contributed by atoms with Gasteiger partial charge in [0, 0.05) is 25.3 Å². The number of nitrogens with zero attached hydrogens (tertiary/aromatic N) is 4. The van der Waals surface area contributed by atoms with Crippen molar-refractivity contribution in [2.75, 3.05) is 26.7 Å². The molecule has 1 aliphatic heterocycles. The van der Waals surface area contributed by atoms with Crippen molar-refractivity contribution in [2.45, 2.75) is 33.4 Å². The van der Waals surface area contributed by atoms with E-state index < -0.39 is 0 Å². The number of aryl methyl sites for hydroxylation is 1. The number of piperazine rings is 1. The summed E-state index contributed by atoms with van der Waals surface area (Å²) in [5, 5.41) is 4.40. The molecule has 1 atom stereocenters. The van der Waals surface area contributed by atoms with Crippen molar-refractivity contribution >= 4 is 11.7 Å². The molecule has 0 N–H and O–H groups in total. The van der Waals surface area contributed by atoms with Crippen molar-refractivity contribution in [1.29, 1.82) is 0 Å². The predicted octanol–water partition coefficient (Wildman–Crippen LogP) is 2.22. The molecular formula is C20H26N4O2. The van der Waals surface area contributed by atoms with Crippen LogP contribution in [0.3, 0.4) is 0 Å². The van der Waals surface area contributed by atoms with E-state index in [-0.39, 0.29) is 24.3 Å². The van der Waals surface area contributed by atoms with Crippen molar-refractivity contribution in [3.05, 3.63) is 52.8 Å². The summed E-state index contributed by atoms with van der Waals surface area (Å²) in [5.41, 5.74) is 3.29. The van der Waals surface area contributed by atoms with Gasteiger partial charge >= 0.3 is 0 Å². The van der Waals surface area contributed by atoms with Gasteiger partial charge in [-0.15, -0.1) is 0 Å². The highest BCUT2D eigenvalue weighted by molar-refractivity contribution is 5.96. The minimum absolute atomic E-state index is 0.0116. The van der Waals surface area contributed by atoms with Crippen LogP contribution in [0.15, 0.2) is 30.3 Å². The number of benzene rings is 1. The molecular weight excluding hydrogens is 328 g/mol. The summed E-state index contributed by atoms with van der Waals surface area (Å²) < 4.78 is 1.66. The molecule has 1 aromatic carbocycles. The Kier molecular flexibility index (Phi) is 5.23. The molecule has 1 aliphatic rings. The van der Waals surface area contributed by atoms with Crippen molar-refractivity contribution < 1.29 is 9.59 Å². The van der Waals surface area contributed by atoms with Crippen molar-refractivity contribution in [2.24, 2.45) is 0 Å². The molecule has 0 spiro atoms. The van der Waals surface area contributed by atoms with Gasteiger partial charge in [-0.05, 0) is 33.4 Å². The second-order valence-electron chi connectivity index (χ2n) is 7.01. The van der Waals surface area contributed by atoms with Gasteiger partial charge in [0.25, 0.3) is 0 Å². The van der Waals surface area contributed by atoms with Gasteiger partial charge in [-0.3, -0.25) is 19.2 Å². The van der Waals surface area contributed by atoms with Crippen molar-refractivity contribution in [3.8, 4) is 0 Å². The summed E-state index contributed by atoms with van der Waals surface area (Å²) >= 11 is 0. The van der Waals surface area contributed by atoms with Gasteiger partial charge in [0.2, 0.25) is 5.91 Å². The lowest BCUT2D eigenvalue weighted by Gasteiger charge is -2.39. The molecule has 0 aliphatic carbocycles. The van der Waals surface area contributed by atoms with Gasteiger partial charge in [-0.1, -0.05) is 30.3 Å². The Bertz CT molecular complexity index is 813. The maximum absolute atomic E-state index is 12.9. The first kappa shape index (κ1) is 18.3. The maximum atomic E-state index is 12.9. The van der Waals surface area contributed by atoms with Crippen LogP contribution in [0.4, 0.5) is 0 Å². The van der Waals surface area contributed by atoms with Crippen LogP contribution < -0.4 is 0 Å². The highest BCUT2D eigenvalue weighted by Gasteiger charge is 2.29. The second-order valence-corrected chi connectivity index (χ2v) is 7.01. The summed E-state index contributed by atoms with van der Waals surface area (Å²) in [6.45, 7) is 7.57. The number of ketones is 1. The lowest BCUT2D eigenvalue weighted by atomic mass is 10.0. The summed E-state index contributed by atoms with van der Waals surface area (Å²) in [6.07, 6.45) is 0. The topological polar surface area (TPSA) is 58.4 Å². The monoisotopic (exact) mass is 354 g/mol.